The van der Waals surface area contributed by atoms with Crippen molar-refractivity contribution >= 4 is 31.9 Å². The van der Waals surface area contributed by atoms with Gasteiger partial charge in [-0.2, -0.15) is 0 Å². The summed E-state index contributed by atoms with van der Waals surface area (Å²) >= 11 is 2.86. The van der Waals surface area contributed by atoms with Gasteiger partial charge in [-0.25, -0.2) is 21.9 Å². The second-order valence-electron chi connectivity index (χ2n) is 3.36. The van der Waals surface area contributed by atoms with Crippen LogP contribution in [0.5, 0.6) is 0 Å². The SMILES string of the molecule is CN(C)S(=O)(=O)c1cc(C(=O)O)c(Br)cc1F. The molecule has 0 aliphatic heterocycles. The van der Waals surface area contributed by atoms with Crippen molar-refractivity contribution in [2.45, 2.75) is 4.90 Å². The summed E-state index contributed by atoms with van der Waals surface area (Å²) in [6.45, 7) is 0. The summed E-state index contributed by atoms with van der Waals surface area (Å²) < 4.78 is 37.8. The molecule has 0 unspecified atom stereocenters. The molecule has 0 spiro atoms. The predicted octanol–water partition coefficient (Wildman–Crippen LogP) is 1.54. The summed E-state index contributed by atoms with van der Waals surface area (Å²) in [5.74, 6) is -2.34. The van der Waals surface area contributed by atoms with Crippen molar-refractivity contribution in [3.8, 4) is 0 Å². The first-order chi connectivity index (χ1) is 7.67. The fraction of sp³-hybridized carbons (Fsp3) is 0.222. The van der Waals surface area contributed by atoms with Crippen molar-refractivity contribution in [1.29, 1.82) is 0 Å². The lowest BCUT2D eigenvalue weighted by Crippen LogP contribution is -2.23. The highest BCUT2D eigenvalue weighted by molar-refractivity contribution is 9.10. The van der Waals surface area contributed by atoms with Gasteiger partial charge in [0.1, 0.15) is 10.7 Å². The van der Waals surface area contributed by atoms with Crippen molar-refractivity contribution in [3.05, 3.63) is 28.0 Å². The Morgan fingerprint density at radius 3 is 2.35 bits per heavy atom. The molecule has 8 heteroatoms. The van der Waals surface area contributed by atoms with E-state index in [0.717, 1.165) is 16.4 Å². The average molecular weight is 326 g/mol. The van der Waals surface area contributed by atoms with E-state index < -0.39 is 26.7 Å². The van der Waals surface area contributed by atoms with E-state index >= 15 is 0 Å². The van der Waals surface area contributed by atoms with Crippen LogP contribution in [-0.2, 0) is 10.0 Å². The highest BCUT2D eigenvalue weighted by atomic mass is 79.9. The fourth-order valence-electron chi connectivity index (χ4n) is 1.09. The number of sulfonamides is 1. The number of aromatic carboxylic acids is 1. The number of benzene rings is 1. The quantitative estimate of drug-likeness (QED) is 0.914. The third kappa shape index (κ3) is 2.64. The minimum atomic E-state index is -4.01. The van der Waals surface area contributed by atoms with Crippen LogP contribution in [0.25, 0.3) is 0 Å². The van der Waals surface area contributed by atoms with Crippen molar-refractivity contribution in [2.75, 3.05) is 14.1 Å². The maximum Gasteiger partial charge on any atom is 0.336 e. The number of rotatable bonds is 3. The van der Waals surface area contributed by atoms with Crippen LogP contribution < -0.4 is 0 Å². The standard InChI is InChI=1S/C9H9BrFNO4S/c1-12(2)17(15,16)8-3-5(9(13)14)6(10)4-7(8)11/h3-4H,1-2H3,(H,13,14). The number of carboxylic acids is 1. The first-order valence-electron chi connectivity index (χ1n) is 4.32. The Labute approximate surface area is 106 Å². The molecule has 0 aliphatic rings. The zero-order valence-corrected chi connectivity index (χ0v) is 11.3. The summed E-state index contributed by atoms with van der Waals surface area (Å²) in [7, 11) is -1.54. The Balaban J connectivity index is 3.57. The molecule has 0 saturated heterocycles. The zero-order chi connectivity index (χ0) is 13.4. The number of carboxylic acid groups (broad SMARTS) is 1. The van der Waals surface area contributed by atoms with Crippen LogP contribution in [0, 0.1) is 5.82 Å². The van der Waals surface area contributed by atoms with E-state index in [4.69, 9.17) is 5.11 Å². The molecule has 0 saturated carbocycles. The Hall–Kier alpha value is -0.990. The molecule has 1 aromatic rings. The van der Waals surface area contributed by atoms with Crippen molar-refractivity contribution in [3.63, 3.8) is 0 Å². The van der Waals surface area contributed by atoms with Crippen LogP contribution in [0.4, 0.5) is 4.39 Å². The summed E-state index contributed by atoms with van der Waals surface area (Å²) in [6, 6.07) is 1.61. The van der Waals surface area contributed by atoms with Gasteiger partial charge in [0.25, 0.3) is 0 Å². The minimum Gasteiger partial charge on any atom is -0.478 e. The fourth-order valence-corrected chi connectivity index (χ4v) is 2.54. The monoisotopic (exact) mass is 325 g/mol. The van der Waals surface area contributed by atoms with Crippen molar-refractivity contribution < 1.29 is 22.7 Å². The molecule has 0 aliphatic carbocycles. The lowest BCUT2D eigenvalue weighted by molar-refractivity contribution is 0.0695. The Morgan fingerprint density at radius 2 is 1.94 bits per heavy atom. The highest BCUT2D eigenvalue weighted by Crippen LogP contribution is 2.25. The second-order valence-corrected chi connectivity index (χ2v) is 6.33. The number of hydrogen-bond acceptors (Lipinski definition) is 3. The van der Waals surface area contributed by atoms with Gasteiger partial charge in [-0.15, -0.1) is 0 Å². The minimum absolute atomic E-state index is 0.0137. The molecule has 1 N–H and O–H groups in total. The van der Waals surface area contributed by atoms with Crippen LogP contribution in [0.3, 0.4) is 0 Å². The molecule has 1 aromatic carbocycles. The Morgan fingerprint density at radius 1 is 1.41 bits per heavy atom. The average Bonchev–Trinajstić information content (AvgIpc) is 2.15. The molecule has 0 heterocycles. The van der Waals surface area contributed by atoms with Crippen LogP contribution in [0.2, 0.25) is 0 Å². The first-order valence-corrected chi connectivity index (χ1v) is 6.56. The van der Waals surface area contributed by atoms with Gasteiger partial charge in [-0.1, -0.05) is 0 Å². The van der Waals surface area contributed by atoms with E-state index in [-0.39, 0.29) is 10.0 Å². The lowest BCUT2D eigenvalue weighted by Gasteiger charge is -2.13. The van der Waals surface area contributed by atoms with Crippen LogP contribution in [0.1, 0.15) is 10.4 Å². The van der Waals surface area contributed by atoms with Gasteiger partial charge in [0, 0.05) is 18.6 Å². The van der Waals surface area contributed by atoms with E-state index in [2.05, 4.69) is 15.9 Å². The summed E-state index contributed by atoms with van der Waals surface area (Å²) in [6.07, 6.45) is 0. The van der Waals surface area contributed by atoms with Crippen molar-refractivity contribution in [1.82, 2.24) is 4.31 Å². The molecule has 94 valence electrons. The molecular weight excluding hydrogens is 317 g/mol. The number of carbonyl (C=O) groups is 1. The van der Waals surface area contributed by atoms with Crippen LogP contribution in [-0.4, -0.2) is 37.9 Å². The Bertz CT molecular complexity index is 571. The number of hydrogen-bond donors (Lipinski definition) is 1. The van der Waals surface area contributed by atoms with Gasteiger partial charge in [0.2, 0.25) is 10.0 Å². The number of halogens is 2. The molecule has 0 aromatic heterocycles. The molecule has 0 bridgehead atoms. The third-order valence-electron chi connectivity index (χ3n) is 2.01. The lowest BCUT2D eigenvalue weighted by atomic mass is 10.2. The first kappa shape index (κ1) is 14.1. The number of nitrogens with zero attached hydrogens (tertiary/aromatic N) is 1. The third-order valence-corrected chi connectivity index (χ3v) is 4.50. The van der Waals surface area contributed by atoms with E-state index in [0.29, 0.717) is 0 Å². The van der Waals surface area contributed by atoms with Crippen LogP contribution in [0.15, 0.2) is 21.5 Å². The predicted molar refractivity (Wildman–Crippen MR) is 61.9 cm³/mol. The molecular formula is C9H9BrFNO4S. The normalized spacial score (nSPS) is 11.8. The molecule has 0 atom stereocenters. The highest BCUT2D eigenvalue weighted by Gasteiger charge is 2.25. The van der Waals surface area contributed by atoms with E-state index in [1.54, 1.807) is 0 Å². The topological polar surface area (TPSA) is 74.7 Å². The smallest absolute Gasteiger partial charge is 0.336 e. The summed E-state index contributed by atoms with van der Waals surface area (Å²) in [5.41, 5.74) is -0.313. The van der Waals surface area contributed by atoms with Gasteiger partial charge in [0.05, 0.1) is 5.56 Å². The molecule has 1 rings (SSSR count). The van der Waals surface area contributed by atoms with Gasteiger partial charge in [-0.3, -0.25) is 0 Å². The second kappa shape index (κ2) is 4.71. The summed E-state index contributed by atoms with van der Waals surface area (Å²) in [5, 5.41) is 8.82. The molecule has 17 heavy (non-hydrogen) atoms. The molecule has 0 fully saturated rings. The van der Waals surface area contributed by atoms with Crippen molar-refractivity contribution in [2.24, 2.45) is 0 Å². The maximum absolute atomic E-state index is 13.5. The largest absolute Gasteiger partial charge is 0.478 e. The van der Waals surface area contributed by atoms with Gasteiger partial charge in [0.15, 0.2) is 0 Å². The van der Waals surface area contributed by atoms with Gasteiger partial charge in [-0.05, 0) is 28.1 Å². The van der Waals surface area contributed by atoms with E-state index in [1.807, 2.05) is 0 Å². The molecule has 0 amide bonds. The van der Waals surface area contributed by atoms with Gasteiger partial charge >= 0.3 is 5.97 Å². The van der Waals surface area contributed by atoms with Crippen LogP contribution >= 0.6 is 15.9 Å². The van der Waals surface area contributed by atoms with E-state index in [1.165, 1.54) is 14.1 Å². The molecule has 0 radical (unpaired) electrons. The van der Waals surface area contributed by atoms with Gasteiger partial charge < -0.3 is 5.11 Å². The van der Waals surface area contributed by atoms with E-state index in [9.17, 15) is 17.6 Å². The Kier molecular flexibility index (Phi) is 3.90. The molecule has 5 nitrogen and oxygen atoms in total. The summed E-state index contributed by atoms with van der Waals surface area (Å²) in [4.78, 5) is 10.2. The zero-order valence-electron chi connectivity index (χ0n) is 8.94. The maximum atomic E-state index is 13.5.